The molecule has 8 heteroatoms. The number of morpholine rings is 1. The van der Waals surface area contributed by atoms with Crippen LogP contribution in [0.2, 0.25) is 5.02 Å². The average Bonchev–Trinajstić information content (AvgIpc) is 2.82. The topological polar surface area (TPSA) is 71.5 Å². The van der Waals surface area contributed by atoms with Crippen molar-refractivity contribution in [3.8, 4) is 5.88 Å². The molecule has 7 nitrogen and oxygen atoms in total. The van der Waals surface area contributed by atoms with Crippen LogP contribution in [-0.2, 0) is 4.74 Å². The van der Waals surface area contributed by atoms with E-state index in [1.54, 1.807) is 6.20 Å². The number of anilines is 3. The summed E-state index contributed by atoms with van der Waals surface area (Å²) < 4.78 is 11.4. The summed E-state index contributed by atoms with van der Waals surface area (Å²) in [7, 11) is 2.02. The summed E-state index contributed by atoms with van der Waals surface area (Å²) in [5, 5.41) is 6.97. The van der Waals surface area contributed by atoms with Gasteiger partial charge in [-0.3, -0.25) is 0 Å². The Kier molecular flexibility index (Phi) is 7.83. The highest BCUT2D eigenvalue weighted by atomic mass is 35.5. The number of aromatic nitrogens is 2. The Morgan fingerprint density at radius 2 is 1.81 bits per heavy atom. The lowest BCUT2D eigenvalue weighted by atomic mass is 9.82. The first-order valence-corrected chi connectivity index (χ1v) is 11.6. The number of hydrogen-bond donors (Lipinski definition) is 2. The lowest BCUT2D eigenvalue weighted by Crippen LogP contribution is -2.36. The predicted molar refractivity (Wildman–Crippen MR) is 125 cm³/mol. The second-order valence-corrected chi connectivity index (χ2v) is 8.78. The highest BCUT2D eigenvalue weighted by molar-refractivity contribution is 6.31. The van der Waals surface area contributed by atoms with Crippen LogP contribution in [0.5, 0.6) is 5.88 Å². The van der Waals surface area contributed by atoms with Crippen molar-refractivity contribution in [3.63, 3.8) is 0 Å². The molecule has 0 amide bonds. The summed E-state index contributed by atoms with van der Waals surface area (Å²) in [5.41, 5.74) is 2.12. The van der Waals surface area contributed by atoms with Gasteiger partial charge < -0.3 is 25.0 Å². The first-order chi connectivity index (χ1) is 15.2. The summed E-state index contributed by atoms with van der Waals surface area (Å²) in [6, 6.07) is 8.27. The molecule has 2 heterocycles. The molecule has 2 N–H and O–H groups in total. The van der Waals surface area contributed by atoms with E-state index in [2.05, 4.69) is 37.6 Å². The Bertz CT molecular complexity index is 821. The van der Waals surface area contributed by atoms with E-state index >= 15 is 0 Å². The van der Waals surface area contributed by atoms with Gasteiger partial charge in [0.25, 0.3) is 0 Å². The molecule has 2 aromatic rings. The van der Waals surface area contributed by atoms with Crippen LogP contribution < -0.4 is 20.3 Å². The average molecular weight is 446 g/mol. The maximum atomic E-state index is 6.29. The van der Waals surface area contributed by atoms with E-state index in [0.717, 1.165) is 44.5 Å². The Morgan fingerprint density at radius 1 is 1.10 bits per heavy atom. The molecule has 0 spiro atoms. The number of rotatable bonds is 8. The second kappa shape index (κ2) is 11.0. The summed E-state index contributed by atoms with van der Waals surface area (Å²) in [6.45, 7) is 5.15. The first kappa shape index (κ1) is 22.1. The van der Waals surface area contributed by atoms with Gasteiger partial charge in [0, 0.05) is 24.5 Å². The minimum Gasteiger partial charge on any atom is -0.476 e. The number of hydrogen-bond acceptors (Lipinski definition) is 7. The summed E-state index contributed by atoms with van der Waals surface area (Å²) >= 11 is 6.29. The fraction of sp³-hybridized carbons (Fsp3) is 0.565. The molecule has 2 fully saturated rings. The highest BCUT2D eigenvalue weighted by Crippen LogP contribution is 2.30. The molecule has 4 rings (SSSR count). The molecule has 1 aromatic heterocycles. The van der Waals surface area contributed by atoms with Crippen LogP contribution in [0, 0.1) is 11.8 Å². The minimum atomic E-state index is 0.442. The largest absolute Gasteiger partial charge is 0.476 e. The Hall–Kier alpha value is -2.09. The molecule has 1 aromatic carbocycles. The van der Waals surface area contributed by atoms with E-state index < -0.39 is 0 Å². The van der Waals surface area contributed by atoms with Crippen LogP contribution >= 0.6 is 11.6 Å². The SMILES string of the molecule is CNCC1CCC(COc2nc(Nc3ccc(N4CCOCC4)cc3)ncc2Cl)CC1. The van der Waals surface area contributed by atoms with E-state index in [1.165, 1.54) is 31.4 Å². The molecular weight excluding hydrogens is 414 g/mol. The van der Waals surface area contributed by atoms with Crippen LogP contribution in [-0.4, -0.2) is 56.5 Å². The molecule has 0 atom stereocenters. The van der Waals surface area contributed by atoms with Crippen LogP contribution in [0.4, 0.5) is 17.3 Å². The predicted octanol–water partition coefficient (Wildman–Crippen LogP) is 4.11. The zero-order valence-electron chi connectivity index (χ0n) is 18.1. The molecular formula is C23H32ClN5O2. The standard InChI is InChI=1S/C23H32ClN5O2/c1-25-14-17-2-4-18(5-3-17)16-31-22-21(24)15-26-23(28-22)27-19-6-8-20(9-7-19)29-10-12-30-13-11-29/h6-9,15,17-18,25H,2-5,10-14,16H2,1H3,(H,26,27,28). The molecule has 0 bridgehead atoms. The van der Waals surface area contributed by atoms with E-state index in [1.807, 2.05) is 19.2 Å². The van der Waals surface area contributed by atoms with Crippen molar-refractivity contribution in [3.05, 3.63) is 35.5 Å². The van der Waals surface area contributed by atoms with Gasteiger partial charge in [0.15, 0.2) is 0 Å². The Morgan fingerprint density at radius 3 is 2.52 bits per heavy atom. The summed E-state index contributed by atoms with van der Waals surface area (Å²) in [4.78, 5) is 11.1. The number of halogens is 1. The van der Waals surface area contributed by atoms with Gasteiger partial charge in [0.1, 0.15) is 5.02 Å². The fourth-order valence-electron chi connectivity index (χ4n) is 4.31. The molecule has 2 aliphatic rings. The first-order valence-electron chi connectivity index (χ1n) is 11.2. The lowest BCUT2D eigenvalue weighted by molar-refractivity contribution is 0.122. The van der Waals surface area contributed by atoms with Gasteiger partial charge in [-0.25, -0.2) is 4.98 Å². The molecule has 1 aliphatic heterocycles. The van der Waals surface area contributed by atoms with Crippen LogP contribution in [0.15, 0.2) is 30.5 Å². The molecule has 1 saturated carbocycles. The molecule has 0 unspecified atom stereocenters. The van der Waals surface area contributed by atoms with E-state index in [9.17, 15) is 0 Å². The third-order valence-electron chi connectivity index (χ3n) is 6.13. The number of nitrogens with one attached hydrogen (secondary N) is 2. The van der Waals surface area contributed by atoms with Gasteiger partial charge in [-0.2, -0.15) is 4.98 Å². The minimum absolute atomic E-state index is 0.442. The maximum absolute atomic E-state index is 6.29. The van der Waals surface area contributed by atoms with Gasteiger partial charge in [-0.05, 0) is 75.4 Å². The third kappa shape index (κ3) is 6.21. The Labute approximate surface area is 189 Å². The molecule has 31 heavy (non-hydrogen) atoms. The van der Waals surface area contributed by atoms with Crippen LogP contribution in [0.3, 0.4) is 0 Å². The quantitative estimate of drug-likeness (QED) is 0.633. The highest BCUT2D eigenvalue weighted by Gasteiger charge is 2.22. The van der Waals surface area contributed by atoms with E-state index in [-0.39, 0.29) is 0 Å². The molecule has 0 radical (unpaired) electrons. The van der Waals surface area contributed by atoms with Crippen molar-refractivity contribution in [1.82, 2.24) is 15.3 Å². The number of benzene rings is 1. The van der Waals surface area contributed by atoms with Gasteiger partial charge in [0.2, 0.25) is 11.8 Å². The molecule has 1 saturated heterocycles. The summed E-state index contributed by atoms with van der Waals surface area (Å²) in [5.74, 6) is 2.27. The zero-order chi connectivity index (χ0) is 21.5. The van der Waals surface area contributed by atoms with Gasteiger partial charge in [0.05, 0.1) is 26.0 Å². The number of nitrogens with zero attached hydrogens (tertiary/aromatic N) is 3. The van der Waals surface area contributed by atoms with Crippen molar-refractivity contribution in [2.45, 2.75) is 25.7 Å². The normalized spacial score (nSPS) is 21.7. The van der Waals surface area contributed by atoms with Crippen molar-refractivity contribution in [2.24, 2.45) is 11.8 Å². The van der Waals surface area contributed by atoms with Crippen LogP contribution in [0.1, 0.15) is 25.7 Å². The molecule has 168 valence electrons. The van der Waals surface area contributed by atoms with E-state index in [0.29, 0.717) is 29.4 Å². The summed E-state index contributed by atoms with van der Waals surface area (Å²) in [6.07, 6.45) is 6.47. The monoisotopic (exact) mass is 445 g/mol. The third-order valence-corrected chi connectivity index (χ3v) is 6.39. The fourth-order valence-corrected chi connectivity index (χ4v) is 4.45. The number of ether oxygens (including phenoxy) is 2. The van der Waals surface area contributed by atoms with Gasteiger partial charge in [-0.15, -0.1) is 0 Å². The smallest absolute Gasteiger partial charge is 0.237 e. The Balaban J connectivity index is 1.31. The van der Waals surface area contributed by atoms with Crippen LogP contribution in [0.25, 0.3) is 0 Å². The zero-order valence-corrected chi connectivity index (χ0v) is 18.9. The van der Waals surface area contributed by atoms with Crippen molar-refractivity contribution in [2.75, 3.05) is 56.7 Å². The van der Waals surface area contributed by atoms with Gasteiger partial charge >= 0.3 is 0 Å². The van der Waals surface area contributed by atoms with Crippen molar-refractivity contribution < 1.29 is 9.47 Å². The van der Waals surface area contributed by atoms with Gasteiger partial charge in [-0.1, -0.05) is 11.6 Å². The molecule has 1 aliphatic carbocycles. The van der Waals surface area contributed by atoms with Crippen molar-refractivity contribution in [1.29, 1.82) is 0 Å². The van der Waals surface area contributed by atoms with Crippen molar-refractivity contribution >= 4 is 28.9 Å². The second-order valence-electron chi connectivity index (χ2n) is 8.37. The lowest BCUT2D eigenvalue weighted by Gasteiger charge is -2.28. The van der Waals surface area contributed by atoms with E-state index in [4.69, 9.17) is 21.1 Å². The maximum Gasteiger partial charge on any atom is 0.237 e.